The molecule has 3 nitrogen and oxygen atoms in total. The van der Waals surface area contributed by atoms with Gasteiger partial charge in [-0.2, -0.15) is 0 Å². The van der Waals surface area contributed by atoms with Crippen molar-refractivity contribution in [3.63, 3.8) is 0 Å². The van der Waals surface area contributed by atoms with Gasteiger partial charge in [0.15, 0.2) is 0 Å². The van der Waals surface area contributed by atoms with Gasteiger partial charge in [0.1, 0.15) is 5.69 Å². The van der Waals surface area contributed by atoms with E-state index in [1.165, 1.54) is 7.11 Å². The molecule has 0 amide bonds. The maximum atomic E-state index is 11.2. The van der Waals surface area contributed by atoms with Crippen LogP contribution in [0.25, 0.3) is 0 Å². The maximum Gasteiger partial charge on any atom is 0.356 e. The molecule has 0 aliphatic rings. The second-order valence-corrected chi connectivity index (χ2v) is 3.76. The second-order valence-electron chi connectivity index (χ2n) is 2.90. The first kappa shape index (κ1) is 11.2. The number of esters is 1. The van der Waals surface area contributed by atoms with E-state index in [1.807, 2.05) is 0 Å². The van der Waals surface area contributed by atoms with Crippen molar-refractivity contribution in [3.8, 4) is 0 Å². The van der Waals surface area contributed by atoms with Gasteiger partial charge in [0.25, 0.3) is 0 Å². The summed E-state index contributed by atoms with van der Waals surface area (Å²) in [6.07, 6.45) is 3.59. The van der Waals surface area contributed by atoms with Gasteiger partial charge in [-0.15, -0.1) is 0 Å². The lowest BCUT2D eigenvalue weighted by Gasteiger charge is -2.04. The summed E-state index contributed by atoms with van der Waals surface area (Å²) in [6.45, 7) is 2.09. The van der Waals surface area contributed by atoms with Crippen LogP contribution >= 0.6 is 15.9 Å². The van der Waals surface area contributed by atoms with Crippen LogP contribution in [-0.4, -0.2) is 18.1 Å². The average Bonchev–Trinajstić information content (AvgIpc) is 2.20. The lowest BCUT2D eigenvalue weighted by Crippen LogP contribution is -2.05. The van der Waals surface area contributed by atoms with E-state index < -0.39 is 5.97 Å². The Morgan fingerprint density at radius 3 is 2.93 bits per heavy atom. The smallest absolute Gasteiger partial charge is 0.356 e. The number of nitrogens with zero attached hydrogens (tertiary/aromatic N) is 1. The highest BCUT2D eigenvalue weighted by molar-refractivity contribution is 9.10. The van der Waals surface area contributed by atoms with Gasteiger partial charge in [-0.05, 0) is 34.0 Å². The first-order valence-electron chi connectivity index (χ1n) is 4.41. The molecule has 0 fully saturated rings. The normalized spacial score (nSPS) is 9.93. The van der Waals surface area contributed by atoms with Crippen molar-refractivity contribution in [1.29, 1.82) is 0 Å². The molecule has 0 unspecified atom stereocenters. The van der Waals surface area contributed by atoms with Gasteiger partial charge in [-0.3, -0.25) is 0 Å². The number of hydrogen-bond donors (Lipinski definition) is 0. The number of hydrogen-bond acceptors (Lipinski definition) is 3. The lowest BCUT2D eigenvalue weighted by atomic mass is 10.1. The number of aryl methyl sites for hydroxylation is 1. The zero-order chi connectivity index (χ0) is 10.6. The van der Waals surface area contributed by atoms with E-state index in [4.69, 9.17) is 0 Å². The fourth-order valence-corrected chi connectivity index (χ4v) is 1.57. The summed E-state index contributed by atoms with van der Waals surface area (Å²) < 4.78 is 5.53. The Balaban J connectivity index is 2.99. The summed E-state index contributed by atoms with van der Waals surface area (Å²) in [5, 5.41) is 0. The Morgan fingerprint density at radius 2 is 2.36 bits per heavy atom. The standard InChI is InChI=1S/C10H12BrNO2/c1-3-4-7-5-9(10(13)14-2)12-6-8(7)11/h5-6H,3-4H2,1-2H3. The Morgan fingerprint density at radius 1 is 1.64 bits per heavy atom. The third-order valence-corrected chi connectivity index (χ3v) is 2.56. The van der Waals surface area contributed by atoms with Gasteiger partial charge in [-0.1, -0.05) is 13.3 Å². The SMILES string of the molecule is CCCc1cc(C(=O)OC)ncc1Br. The molecule has 0 bridgehead atoms. The molecule has 1 aromatic rings. The number of rotatable bonds is 3. The van der Waals surface area contributed by atoms with Crippen LogP contribution < -0.4 is 0 Å². The van der Waals surface area contributed by atoms with Crippen LogP contribution in [0.2, 0.25) is 0 Å². The molecule has 4 heteroatoms. The Kier molecular flexibility index (Phi) is 4.07. The van der Waals surface area contributed by atoms with Crippen LogP contribution in [0.15, 0.2) is 16.7 Å². The molecule has 1 aromatic heterocycles. The Bertz CT molecular complexity index is 339. The zero-order valence-electron chi connectivity index (χ0n) is 8.21. The molecule has 1 heterocycles. The quantitative estimate of drug-likeness (QED) is 0.782. The number of aromatic nitrogens is 1. The molecular weight excluding hydrogens is 246 g/mol. The van der Waals surface area contributed by atoms with Crippen molar-refractivity contribution in [3.05, 3.63) is 28.0 Å². The molecule has 0 spiro atoms. The van der Waals surface area contributed by atoms with Gasteiger partial charge in [0.05, 0.1) is 7.11 Å². The van der Waals surface area contributed by atoms with E-state index >= 15 is 0 Å². The van der Waals surface area contributed by atoms with Gasteiger partial charge >= 0.3 is 5.97 Å². The minimum absolute atomic E-state index is 0.360. The molecule has 0 aliphatic heterocycles. The predicted molar refractivity (Wildman–Crippen MR) is 57.3 cm³/mol. The molecule has 0 aliphatic carbocycles. The highest BCUT2D eigenvalue weighted by Gasteiger charge is 2.09. The minimum Gasteiger partial charge on any atom is -0.464 e. The predicted octanol–water partition coefficient (Wildman–Crippen LogP) is 2.58. The molecule has 0 aromatic carbocycles. The number of carbonyl (C=O) groups is 1. The number of ether oxygens (including phenoxy) is 1. The molecule has 0 atom stereocenters. The third kappa shape index (κ3) is 2.54. The molecule has 0 N–H and O–H groups in total. The highest BCUT2D eigenvalue weighted by Crippen LogP contribution is 2.18. The van der Waals surface area contributed by atoms with Crippen molar-refractivity contribution < 1.29 is 9.53 Å². The van der Waals surface area contributed by atoms with Gasteiger partial charge in [-0.25, -0.2) is 9.78 Å². The molecule has 14 heavy (non-hydrogen) atoms. The summed E-state index contributed by atoms with van der Waals surface area (Å²) in [7, 11) is 1.35. The van der Waals surface area contributed by atoms with Crippen molar-refractivity contribution >= 4 is 21.9 Å². The van der Waals surface area contributed by atoms with E-state index in [0.29, 0.717) is 5.69 Å². The largest absolute Gasteiger partial charge is 0.464 e. The van der Waals surface area contributed by atoms with E-state index in [1.54, 1.807) is 12.3 Å². The molecular formula is C10H12BrNO2. The first-order valence-corrected chi connectivity index (χ1v) is 5.21. The minimum atomic E-state index is -0.394. The fraction of sp³-hybridized carbons (Fsp3) is 0.400. The summed E-state index contributed by atoms with van der Waals surface area (Å²) >= 11 is 3.39. The van der Waals surface area contributed by atoms with Crippen LogP contribution in [0.1, 0.15) is 29.4 Å². The van der Waals surface area contributed by atoms with Crippen LogP contribution in [0.5, 0.6) is 0 Å². The van der Waals surface area contributed by atoms with Crippen LogP contribution in [-0.2, 0) is 11.2 Å². The average molecular weight is 258 g/mol. The topological polar surface area (TPSA) is 39.2 Å². The van der Waals surface area contributed by atoms with E-state index in [0.717, 1.165) is 22.9 Å². The third-order valence-electron chi connectivity index (χ3n) is 1.85. The summed E-state index contributed by atoms with van der Waals surface area (Å²) in [6, 6.07) is 1.76. The van der Waals surface area contributed by atoms with Crippen molar-refractivity contribution in [1.82, 2.24) is 4.98 Å². The Hall–Kier alpha value is -0.900. The van der Waals surface area contributed by atoms with Gasteiger partial charge in [0, 0.05) is 10.7 Å². The number of pyridine rings is 1. The van der Waals surface area contributed by atoms with Gasteiger partial charge < -0.3 is 4.74 Å². The number of carbonyl (C=O) groups excluding carboxylic acids is 1. The maximum absolute atomic E-state index is 11.2. The molecule has 76 valence electrons. The van der Waals surface area contributed by atoms with Crippen LogP contribution in [0, 0.1) is 0 Å². The summed E-state index contributed by atoms with van der Waals surface area (Å²) in [4.78, 5) is 15.2. The van der Waals surface area contributed by atoms with Crippen molar-refractivity contribution in [2.75, 3.05) is 7.11 Å². The number of methoxy groups -OCH3 is 1. The van der Waals surface area contributed by atoms with E-state index in [-0.39, 0.29) is 0 Å². The van der Waals surface area contributed by atoms with Crippen molar-refractivity contribution in [2.45, 2.75) is 19.8 Å². The fourth-order valence-electron chi connectivity index (χ4n) is 1.16. The summed E-state index contributed by atoms with van der Waals surface area (Å²) in [5.74, 6) is -0.394. The first-order chi connectivity index (χ1) is 6.69. The summed E-state index contributed by atoms with van der Waals surface area (Å²) in [5.41, 5.74) is 1.45. The van der Waals surface area contributed by atoms with Crippen molar-refractivity contribution in [2.24, 2.45) is 0 Å². The monoisotopic (exact) mass is 257 g/mol. The molecule has 0 saturated heterocycles. The molecule has 0 saturated carbocycles. The van der Waals surface area contributed by atoms with E-state index in [9.17, 15) is 4.79 Å². The van der Waals surface area contributed by atoms with Crippen LogP contribution in [0.4, 0.5) is 0 Å². The van der Waals surface area contributed by atoms with E-state index in [2.05, 4.69) is 32.6 Å². The zero-order valence-corrected chi connectivity index (χ0v) is 9.80. The van der Waals surface area contributed by atoms with Gasteiger partial charge in [0.2, 0.25) is 0 Å². The molecule has 1 rings (SSSR count). The molecule has 0 radical (unpaired) electrons. The highest BCUT2D eigenvalue weighted by atomic mass is 79.9. The lowest BCUT2D eigenvalue weighted by molar-refractivity contribution is 0.0594. The second kappa shape index (κ2) is 5.10. The Labute approximate surface area is 91.6 Å². The van der Waals surface area contributed by atoms with Crippen LogP contribution in [0.3, 0.4) is 0 Å². The number of halogens is 1.